The minimum absolute atomic E-state index is 0.0603. The second kappa shape index (κ2) is 6.32. The first-order valence-electron chi connectivity index (χ1n) is 7.68. The van der Waals surface area contributed by atoms with Crippen molar-refractivity contribution < 1.29 is 14.3 Å². The summed E-state index contributed by atoms with van der Waals surface area (Å²) in [6.07, 6.45) is 3.36. The average Bonchev–Trinajstić information content (AvgIpc) is 3.10. The summed E-state index contributed by atoms with van der Waals surface area (Å²) in [5, 5.41) is 7.46. The number of benzene rings is 1. The van der Waals surface area contributed by atoms with Crippen molar-refractivity contribution in [2.75, 3.05) is 19.5 Å². The van der Waals surface area contributed by atoms with Crippen molar-refractivity contribution in [2.24, 2.45) is 7.05 Å². The van der Waals surface area contributed by atoms with Crippen molar-refractivity contribution in [1.82, 2.24) is 9.78 Å². The fourth-order valence-corrected chi connectivity index (χ4v) is 3.03. The Kier molecular flexibility index (Phi) is 4.23. The summed E-state index contributed by atoms with van der Waals surface area (Å²) < 4.78 is 12.2. The number of nitrogens with one attached hydrogen (secondary N) is 1. The molecule has 1 aromatic carbocycles. The van der Waals surface area contributed by atoms with E-state index in [9.17, 15) is 4.79 Å². The molecule has 6 heteroatoms. The van der Waals surface area contributed by atoms with E-state index < -0.39 is 0 Å². The van der Waals surface area contributed by atoms with Gasteiger partial charge in [-0.15, -0.1) is 0 Å². The molecule has 1 aliphatic rings. The number of aryl methyl sites for hydroxylation is 2. The molecule has 0 saturated carbocycles. The molecule has 0 saturated heterocycles. The lowest BCUT2D eigenvalue weighted by atomic mass is 10.1. The maximum Gasteiger partial charge on any atom is 0.229 e. The van der Waals surface area contributed by atoms with Gasteiger partial charge in [0.05, 0.1) is 26.3 Å². The van der Waals surface area contributed by atoms with E-state index in [2.05, 4.69) is 10.4 Å². The topological polar surface area (TPSA) is 65.4 Å². The zero-order valence-electron chi connectivity index (χ0n) is 13.7. The van der Waals surface area contributed by atoms with Crippen LogP contribution in [-0.2, 0) is 31.1 Å². The third-order valence-corrected chi connectivity index (χ3v) is 4.14. The predicted molar refractivity (Wildman–Crippen MR) is 87.1 cm³/mol. The molecule has 3 rings (SSSR count). The molecular weight excluding hydrogens is 294 g/mol. The van der Waals surface area contributed by atoms with Crippen molar-refractivity contribution >= 4 is 11.7 Å². The second-order valence-corrected chi connectivity index (χ2v) is 5.67. The molecule has 122 valence electrons. The fraction of sp³-hybridized carbons (Fsp3) is 0.412. The molecule has 1 aromatic heterocycles. The molecule has 1 heterocycles. The Morgan fingerprint density at radius 3 is 2.78 bits per heavy atom. The number of hydrogen-bond donors (Lipinski definition) is 1. The smallest absolute Gasteiger partial charge is 0.229 e. The van der Waals surface area contributed by atoms with Crippen molar-refractivity contribution in [1.29, 1.82) is 0 Å². The van der Waals surface area contributed by atoms with Gasteiger partial charge in [0.25, 0.3) is 0 Å². The Morgan fingerprint density at radius 1 is 1.26 bits per heavy atom. The van der Waals surface area contributed by atoms with Crippen LogP contribution in [0.5, 0.6) is 11.5 Å². The van der Waals surface area contributed by atoms with Crippen LogP contribution in [0.25, 0.3) is 0 Å². The van der Waals surface area contributed by atoms with Crippen LogP contribution >= 0.6 is 0 Å². The molecular formula is C17H21N3O3. The summed E-state index contributed by atoms with van der Waals surface area (Å²) in [5.74, 6) is 2.04. The Hall–Kier alpha value is -2.50. The first kappa shape index (κ1) is 15.4. The quantitative estimate of drug-likeness (QED) is 0.918. The van der Waals surface area contributed by atoms with E-state index in [-0.39, 0.29) is 12.3 Å². The lowest BCUT2D eigenvalue weighted by Crippen LogP contribution is -2.17. The van der Waals surface area contributed by atoms with Crippen LogP contribution in [-0.4, -0.2) is 29.9 Å². The number of methoxy groups -OCH3 is 2. The first-order chi connectivity index (χ1) is 11.1. The number of nitrogens with zero attached hydrogens (tertiary/aromatic N) is 2. The Balaban J connectivity index is 1.73. The minimum Gasteiger partial charge on any atom is -0.493 e. The molecule has 0 fully saturated rings. The molecule has 0 radical (unpaired) electrons. The van der Waals surface area contributed by atoms with Gasteiger partial charge in [-0.1, -0.05) is 6.07 Å². The normalized spacial score (nSPS) is 12.8. The molecule has 0 bridgehead atoms. The summed E-state index contributed by atoms with van der Waals surface area (Å²) >= 11 is 0. The molecule has 23 heavy (non-hydrogen) atoms. The number of carbonyl (C=O) groups is 1. The van der Waals surface area contributed by atoms with Crippen molar-refractivity contribution in [3.8, 4) is 11.5 Å². The van der Waals surface area contributed by atoms with Gasteiger partial charge in [-0.05, 0) is 37.0 Å². The highest BCUT2D eigenvalue weighted by molar-refractivity contribution is 5.92. The standard InChI is InChI=1S/C17H21N3O3/c1-20-17(12-5-4-6-13(12)19-20)18-16(21)10-11-7-8-14(22-2)15(9-11)23-3/h7-9H,4-6,10H2,1-3H3,(H,18,21). The zero-order chi connectivity index (χ0) is 16.4. The van der Waals surface area contributed by atoms with Crippen molar-refractivity contribution in [3.63, 3.8) is 0 Å². The summed E-state index contributed by atoms with van der Waals surface area (Å²) in [4.78, 5) is 12.4. The van der Waals surface area contributed by atoms with Crippen molar-refractivity contribution in [2.45, 2.75) is 25.7 Å². The monoisotopic (exact) mass is 315 g/mol. The largest absolute Gasteiger partial charge is 0.493 e. The van der Waals surface area contributed by atoms with Crippen LogP contribution in [0, 0.1) is 0 Å². The summed E-state index contributed by atoms with van der Waals surface area (Å²) in [6.45, 7) is 0. The maximum absolute atomic E-state index is 12.4. The number of aromatic nitrogens is 2. The van der Waals surface area contributed by atoms with Gasteiger partial charge in [0.2, 0.25) is 5.91 Å². The molecule has 0 spiro atoms. The minimum atomic E-state index is -0.0603. The molecule has 0 aliphatic heterocycles. The van der Waals surface area contributed by atoms with Gasteiger partial charge in [-0.25, -0.2) is 0 Å². The molecule has 0 unspecified atom stereocenters. The summed E-state index contributed by atoms with van der Waals surface area (Å²) in [7, 11) is 5.04. The second-order valence-electron chi connectivity index (χ2n) is 5.67. The van der Waals surface area contributed by atoms with E-state index in [4.69, 9.17) is 9.47 Å². The summed E-state index contributed by atoms with van der Waals surface area (Å²) in [5.41, 5.74) is 3.15. The molecule has 1 amide bonds. The van der Waals surface area contributed by atoms with Crippen LogP contribution in [0.15, 0.2) is 18.2 Å². The maximum atomic E-state index is 12.4. The number of fused-ring (bicyclic) bond motifs is 1. The lowest BCUT2D eigenvalue weighted by Gasteiger charge is -2.10. The lowest BCUT2D eigenvalue weighted by molar-refractivity contribution is -0.115. The van der Waals surface area contributed by atoms with Crippen molar-refractivity contribution in [3.05, 3.63) is 35.0 Å². The van der Waals surface area contributed by atoms with Gasteiger partial charge in [-0.3, -0.25) is 9.48 Å². The summed E-state index contributed by atoms with van der Waals surface area (Å²) in [6, 6.07) is 5.50. The van der Waals surface area contributed by atoms with Gasteiger partial charge in [0.1, 0.15) is 5.82 Å². The van der Waals surface area contributed by atoms with Gasteiger partial charge in [0.15, 0.2) is 11.5 Å². The molecule has 6 nitrogen and oxygen atoms in total. The Bertz CT molecular complexity index is 737. The third kappa shape index (κ3) is 3.02. The highest BCUT2D eigenvalue weighted by Crippen LogP contribution is 2.29. The Morgan fingerprint density at radius 2 is 2.04 bits per heavy atom. The number of hydrogen-bond acceptors (Lipinski definition) is 4. The highest BCUT2D eigenvalue weighted by Gasteiger charge is 2.22. The van der Waals surface area contributed by atoms with Gasteiger partial charge in [0, 0.05) is 12.6 Å². The number of anilines is 1. The number of rotatable bonds is 5. The van der Waals surface area contributed by atoms with Crippen LogP contribution < -0.4 is 14.8 Å². The van der Waals surface area contributed by atoms with Gasteiger partial charge >= 0.3 is 0 Å². The fourth-order valence-electron chi connectivity index (χ4n) is 3.03. The molecule has 0 atom stereocenters. The SMILES string of the molecule is COc1ccc(CC(=O)Nc2c3c(nn2C)CCC3)cc1OC. The van der Waals surface area contributed by atoms with Crippen LogP contribution in [0.1, 0.15) is 23.2 Å². The number of carbonyl (C=O) groups excluding carboxylic acids is 1. The molecule has 1 aliphatic carbocycles. The van der Waals surface area contributed by atoms with Gasteiger partial charge < -0.3 is 14.8 Å². The van der Waals surface area contributed by atoms with Crippen LogP contribution in [0.3, 0.4) is 0 Å². The zero-order valence-corrected chi connectivity index (χ0v) is 13.7. The highest BCUT2D eigenvalue weighted by atomic mass is 16.5. The molecule has 2 aromatic rings. The molecule has 1 N–H and O–H groups in total. The van der Waals surface area contributed by atoms with E-state index >= 15 is 0 Å². The number of amides is 1. The predicted octanol–water partition coefficient (Wildman–Crippen LogP) is 2.11. The third-order valence-electron chi connectivity index (χ3n) is 4.14. The van der Waals surface area contributed by atoms with E-state index in [0.29, 0.717) is 11.5 Å². The van der Waals surface area contributed by atoms with E-state index in [1.807, 2.05) is 25.2 Å². The van der Waals surface area contributed by atoms with E-state index in [0.717, 1.165) is 36.3 Å². The first-order valence-corrected chi connectivity index (χ1v) is 7.68. The van der Waals surface area contributed by atoms with Crippen LogP contribution in [0.2, 0.25) is 0 Å². The van der Waals surface area contributed by atoms with E-state index in [1.54, 1.807) is 18.9 Å². The van der Waals surface area contributed by atoms with Crippen LogP contribution in [0.4, 0.5) is 5.82 Å². The Labute approximate surface area is 135 Å². The van der Waals surface area contributed by atoms with E-state index in [1.165, 1.54) is 5.56 Å². The number of ether oxygens (including phenoxy) is 2. The average molecular weight is 315 g/mol. The van der Waals surface area contributed by atoms with Gasteiger partial charge in [-0.2, -0.15) is 5.10 Å².